The number of amides is 1. The molecule has 0 aliphatic rings. The van der Waals surface area contributed by atoms with E-state index in [9.17, 15) is 9.18 Å². The van der Waals surface area contributed by atoms with E-state index >= 15 is 0 Å². The van der Waals surface area contributed by atoms with Crippen LogP contribution >= 0.6 is 22.9 Å². The van der Waals surface area contributed by atoms with Gasteiger partial charge in [0.25, 0.3) is 5.91 Å². The summed E-state index contributed by atoms with van der Waals surface area (Å²) in [6, 6.07) is 11.1. The predicted molar refractivity (Wildman–Crippen MR) is 93.5 cm³/mol. The van der Waals surface area contributed by atoms with E-state index in [2.05, 4.69) is 10.3 Å². The molecule has 1 heterocycles. The summed E-state index contributed by atoms with van der Waals surface area (Å²) in [6.45, 7) is 0. The molecular weight excluding hydrogens is 351 g/mol. The van der Waals surface area contributed by atoms with Crippen molar-refractivity contribution in [3.63, 3.8) is 0 Å². The van der Waals surface area contributed by atoms with Crippen molar-refractivity contribution in [1.82, 2.24) is 4.98 Å². The fourth-order valence-corrected chi connectivity index (χ4v) is 3.05. The zero-order valence-electron chi connectivity index (χ0n) is 12.5. The van der Waals surface area contributed by atoms with Crippen LogP contribution in [0.25, 0.3) is 11.3 Å². The molecule has 0 saturated carbocycles. The number of carbonyl (C=O) groups is 1. The van der Waals surface area contributed by atoms with Gasteiger partial charge in [0.15, 0.2) is 5.13 Å². The Kier molecular flexibility index (Phi) is 4.78. The van der Waals surface area contributed by atoms with Gasteiger partial charge in [0.05, 0.1) is 23.4 Å². The maximum Gasteiger partial charge on any atom is 0.258 e. The molecule has 3 rings (SSSR count). The SMILES string of the molecule is COc1cccc(-c2csc(NC(=O)c3ccc(F)cc3Cl)n2)c1. The summed E-state index contributed by atoms with van der Waals surface area (Å²) in [5.41, 5.74) is 1.79. The first-order valence-electron chi connectivity index (χ1n) is 6.93. The number of anilines is 1. The molecule has 0 aliphatic carbocycles. The molecule has 0 spiro atoms. The molecule has 0 unspecified atom stereocenters. The van der Waals surface area contributed by atoms with Crippen LogP contribution in [0.5, 0.6) is 5.75 Å². The number of nitrogens with one attached hydrogen (secondary N) is 1. The number of thiazole rings is 1. The first-order chi connectivity index (χ1) is 11.6. The number of carbonyl (C=O) groups excluding carboxylic acids is 1. The van der Waals surface area contributed by atoms with Crippen LogP contribution in [-0.2, 0) is 0 Å². The van der Waals surface area contributed by atoms with Crippen LogP contribution < -0.4 is 10.1 Å². The lowest BCUT2D eigenvalue weighted by Gasteiger charge is -2.04. The van der Waals surface area contributed by atoms with Crippen LogP contribution in [0.3, 0.4) is 0 Å². The molecule has 1 N–H and O–H groups in total. The number of methoxy groups -OCH3 is 1. The third-order valence-corrected chi connectivity index (χ3v) is 4.34. The molecule has 0 saturated heterocycles. The number of nitrogens with zero attached hydrogens (tertiary/aromatic N) is 1. The standard InChI is InChI=1S/C17H12ClFN2O2S/c1-23-12-4-2-3-10(7-12)15-9-24-17(20-15)21-16(22)13-6-5-11(19)8-14(13)18/h2-9H,1H3,(H,20,21,22). The Balaban J connectivity index is 1.79. The number of ether oxygens (including phenoxy) is 1. The molecule has 4 nitrogen and oxygen atoms in total. The zero-order chi connectivity index (χ0) is 17.1. The number of rotatable bonds is 4. The van der Waals surface area contributed by atoms with Gasteiger partial charge >= 0.3 is 0 Å². The van der Waals surface area contributed by atoms with E-state index in [0.717, 1.165) is 23.1 Å². The van der Waals surface area contributed by atoms with Crippen molar-refractivity contribution in [2.75, 3.05) is 12.4 Å². The average molecular weight is 363 g/mol. The Labute approximate surface area is 146 Å². The summed E-state index contributed by atoms with van der Waals surface area (Å²) < 4.78 is 18.2. The van der Waals surface area contributed by atoms with Crippen molar-refractivity contribution in [2.45, 2.75) is 0 Å². The van der Waals surface area contributed by atoms with E-state index in [1.807, 2.05) is 29.6 Å². The highest BCUT2D eigenvalue weighted by molar-refractivity contribution is 7.14. The summed E-state index contributed by atoms with van der Waals surface area (Å²) >= 11 is 7.18. The van der Waals surface area contributed by atoms with E-state index in [-0.39, 0.29) is 10.6 Å². The monoisotopic (exact) mass is 362 g/mol. The number of hydrogen-bond donors (Lipinski definition) is 1. The summed E-state index contributed by atoms with van der Waals surface area (Å²) in [4.78, 5) is 16.6. The minimum Gasteiger partial charge on any atom is -0.497 e. The lowest BCUT2D eigenvalue weighted by molar-refractivity contribution is 0.102. The third-order valence-electron chi connectivity index (χ3n) is 3.27. The molecule has 7 heteroatoms. The molecule has 0 aliphatic heterocycles. The van der Waals surface area contributed by atoms with E-state index in [4.69, 9.17) is 16.3 Å². The Morgan fingerprint density at radius 2 is 2.12 bits per heavy atom. The van der Waals surface area contributed by atoms with E-state index in [1.165, 1.54) is 23.5 Å². The summed E-state index contributed by atoms with van der Waals surface area (Å²) in [7, 11) is 1.60. The van der Waals surface area contributed by atoms with E-state index < -0.39 is 11.7 Å². The van der Waals surface area contributed by atoms with Gasteiger partial charge in [0.1, 0.15) is 11.6 Å². The highest BCUT2D eigenvalue weighted by Crippen LogP contribution is 2.28. The van der Waals surface area contributed by atoms with E-state index in [1.54, 1.807) is 7.11 Å². The molecule has 2 aromatic carbocycles. The maximum absolute atomic E-state index is 13.1. The van der Waals surface area contributed by atoms with Crippen molar-refractivity contribution in [2.24, 2.45) is 0 Å². The Morgan fingerprint density at radius 3 is 2.88 bits per heavy atom. The van der Waals surface area contributed by atoms with Crippen LogP contribution in [0.15, 0.2) is 47.8 Å². The van der Waals surface area contributed by atoms with Gasteiger partial charge in [-0.2, -0.15) is 0 Å². The average Bonchev–Trinajstić information content (AvgIpc) is 3.03. The highest BCUT2D eigenvalue weighted by Gasteiger charge is 2.14. The molecule has 0 fully saturated rings. The second-order valence-electron chi connectivity index (χ2n) is 4.85. The van der Waals surface area contributed by atoms with Gasteiger partial charge in [-0.1, -0.05) is 23.7 Å². The predicted octanol–water partition coefficient (Wildman–Crippen LogP) is 4.86. The molecule has 1 aromatic heterocycles. The Morgan fingerprint density at radius 1 is 1.29 bits per heavy atom. The molecule has 0 bridgehead atoms. The lowest BCUT2D eigenvalue weighted by Crippen LogP contribution is -2.12. The van der Waals surface area contributed by atoms with Crippen molar-refractivity contribution in [3.8, 4) is 17.0 Å². The van der Waals surface area contributed by atoms with Crippen molar-refractivity contribution >= 4 is 34.0 Å². The number of halogens is 2. The normalized spacial score (nSPS) is 10.5. The molecular formula is C17H12ClFN2O2S. The largest absolute Gasteiger partial charge is 0.497 e. The molecule has 24 heavy (non-hydrogen) atoms. The Hall–Kier alpha value is -2.44. The van der Waals surface area contributed by atoms with Crippen molar-refractivity contribution in [3.05, 3.63) is 64.2 Å². The van der Waals surface area contributed by atoms with Gasteiger partial charge in [0.2, 0.25) is 0 Å². The quantitative estimate of drug-likeness (QED) is 0.720. The van der Waals surface area contributed by atoms with Gasteiger partial charge in [-0.15, -0.1) is 11.3 Å². The van der Waals surface area contributed by atoms with Crippen molar-refractivity contribution in [1.29, 1.82) is 0 Å². The van der Waals surface area contributed by atoms with Crippen LogP contribution in [0.2, 0.25) is 5.02 Å². The maximum atomic E-state index is 13.1. The fourth-order valence-electron chi connectivity index (χ4n) is 2.08. The van der Waals surface area contributed by atoms with Gasteiger partial charge < -0.3 is 4.74 Å². The lowest BCUT2D eigenvalue weighted by atomic mass is 10.2. The van der Waals surface area contributed by atoms with Crippen LogP contribution in [-0.4, -0.2) is 18.0 Å². The van der Waals surface area contributed by atoms with Crippen LogP contribution in [0.1, 0.15) is 10.4 Å². The topological polar surface area (TPSA) is 51.2 Å². The minimum absolute atomic E-state index is 0.0528. The number of benzene rings is 2. The molecule has 122 valence electrons. The second kappa shape index (κ2) is 6.98. The highest BCUT2D eigenvalue weighted by atomic mass is 35.5. The van der Waals surface area contributed by atoms with Gasteiger partial charge in [-0.3, -0.25) is 10.1 Å². The smallest absolute Gasteiger partial charge is 0.258 e. The third kappa shape index (κ3) is 3.55. The zero-order valence-corrected chi connectivity index (χ0v) is 14.1. The van der Waals surface area contributed by atoms with Crippen molar-refractivity contribution < 1.29 is 13.9 Å². The Bertz CT molecular complexity index is 898. The minimum atomic E-state index is -0.494. The molecule has 0 atom stereocenters. The first-order valence-corrected chi connectivity index (χ1v) is 8.19. The van der Waals surface area contributed by atoms with Gasteiger partial charge in [-0.25, -0.2) is 9.37 Å². The molecule has 1 amide bonds. The van der Waals surface area contributed by atoms with Crippen LogP contribution in [0.4, 0.5) is 9.52 Å². The van der Waals surface area contributed by atoms with E-state index in [0.29, 0.717) is 5.13 Å². The first kappa shape index (κ1) is 16.4. The summed E-state index contributed by atoms with van der Waals surface area (Å²) in [5, 5.41) is 4.98. The fraction of sp³-hybridized carbons (Fsp3) is 0.0588. The van der Waals surface area contributed by atoms with Gasteiger partial charge in [-0.05, 0) is 30.3 Å². The van der Waals surface area contributed by atoms with Crippen LogP contribution in [0, 0.1) is 5.82 Å². The summed E-state index contributed by atoms with van der Waals surface area (Å²) in [5.74, 6) is -0.207. The summed E-state index contributed by atoms with van der Waals surface area (Å²) in [6.07, 6.45) is 0. The second-order valence-corrected chi connectivity index (χ2v) is 6.11. The number of aromatic nitrogens is 1. The molecule has 0 radical (unpaired) electrons. The number of hydrogen-bond acceptors (Lipinski definition) is 4. The van der Waals surface area contributed by atoms with Gasteiger partial charge in [0, 0.05) is 10.9 Å². The molecule has 3 aromatic rings.